The molecular weight excluding hydrogens is 236 g/mol. The van der Waals surface area contributed by atoms with E-state index in [4.69, 9.17) is 4.74 Å². The lowest BCUT2D eigenvalue weighted by Crippen LogP contribution is -2.12. The average molecular weight is 256 g/mol. The van der Waals surface area contributed by atoms with E-state index in [1.54, 1.807) is 0 Å². The number of ether oxygens (including phenoxy) is 1. The number of hydrogen-bond acceptors (Lipinski definition) is 3. The number of nitrogens with zero attached hydrogens (tertiary/aromatic N) is 1. The molecule has 0 bridgehead atoms. The largest absolute Gasteiger partial charge is 0.493 e. The Hall–Kier alpha value is -1.87. The van der Waals surface area contributed by atoms with Gasteiger partial charge in [-0.15, -0.1) is 0 Å². The SMILES string of the molecule is CNC(C)c1ccc(OCCc2ccncc2)cc1. The van der Waals surface area contributed by atoms with E-state index in [0.717, 1.165) is 12.2 Å². The Labute approximate surface area is 114 Å². The fourth-order valence-electron chi connectivity index (χ4n) is 1.86. The maximum Gasteiger partial charge on any atom is 0.119 e. The van der Waals surface area contributed by atoms with Crippen LogP contribution in [0.15, 0.2) is 48.8 Å². The van der Waals surface area contributed by atoms with Crippen LogP contribution < -0.4 is 10.1 Å². The average Bonchev–Trinajstić information content (AvgIpc) is 2.48. The second-order valence-corrected chi connectivity index (χ2v) is 4.53. The van der Waals surface area contributed by atoms with Crippen LogP contribution in [0.4, 0.5) is 0 Å². The van der Waals surface area contributed by atoms with Crippen molar-refractivity contribution < 1.29 is 4.74 Å². The molecule has 0 radical (unpaired) electrons. The van der Waals surface area contributed by atoms with Crippen molar-refractivity contribution in [3.8, 4) is 5.75 Å². The summed E-state index contributed by atoms with van der Waals surface area (Å²) in [7, 11) is 1.96. The quantitative estimate of drug-likeness (QED) is 0.862. The minimum absolute atomic E-state index is 0.367. The minimum atomic E-state index is 0.367. The molecular formula is C16H20N2O. The van der Waals surface area contributed by atoms with Gasteiger partial charge in [-0.1, -0.05) is 12.1 Å². The van der Waals surface area contributed by atoms with Gasteiger partial charge in [0.25, 0.3) is 0 Å². The molecule has 0 saturated carbocycles. The van der Waals surface area contributed by atoms with Crippen LogP contribution in [-0.2, 0) is 6.42 Å². The van der Waals surface area contributed by atoms with Crippen LogP contribution in [0.5, 0.6) is 5.75 Å². The molecule has 3 nitrogen and oxygen atoms in total. The molecule has 0 aliphatic carbocycles. The van der Waals surface area contributed by atoms with Crippen LogP contribution in [-0.4, -0.2) is 18.6 Å². The Morgan fingerprint density at radius 1 is 1.11 bits per heavy atom. The molecule has 3 heteroatoms. The highest BCUT2D eigenvalue weighted by atomic mass is 16.5. The molecule has 0 fully saturated rings. The molecule has 0 spiro atoms. The number of rotatable bonds is 6. The molecule has 1 N–H and O–H groups in total. The van der Waals surface area contributed by atoms with E-state index in [2.05, 4.69) is 29.4 Å². The topological polar surface area (TPSA) is 34.1 Å². The van der Waals surface area contributed by atoms with Gasteiger partial charge < -0.3 is 10.1 Å². The molecule has 1 aromatic carbocycles. The van der Waals surface area contributed by atoms with Gasteiger partial charge in [-0.3, -0.25) is 4.98 Å². The van der Waals surface area contributed by atoms with Crippen LogP contribution >= 0.6 is 0 Å². The van der Waals surface area contributed by atoms with Crippen molar-refractivity contribution in [3.63, 3.8) is 0 Å². The van der Waals surface area contributed by atoms with Crippen LogP contribution in [0.25, 0.3) is 0 Å². The van der Waals surface area contributed by atoms with E-state index >= 15 is 0 Å². The zero-order valence-electron chi connectivity index (χ0n) is 11.5. The van der Waals surface area contributed by atoms with Gasteiger partial charge in [-0.05, 0) is 49.4 Å². The minimum Gasteiger partial charge on any atom is -0.493 e. The number of benzene rings is 1. The summed E-state index contributed by atoms with van der Waals surface area (Å²) in [5.41, 5.74) is 2.51. The summed E-state index contributed by atoms with van der Waals surface area (Å²) in [6.45, 7) is 2.82. The highest BCUT2D eigenvalue weighted by Crippen LogP contribution is 2.17. The van der Waals surface area contributed by atoms with Gasteiger partial charge in [0.15, 0.2) is 0 Å². The van der Waals surface area contributed by atoms with Crippen LogP contribution in [0.1, 0.15) is 24.1 Å². The summed E-state index contributed by atoms with van der Waals surface area (Å²) in [5.74, 6) is 0.918. The molecule has 1 unspecified atom stereocenters. The standard InChI is InChI=1S/C16H20N2O/c1-13(17-2)15-3-5-16(6-4-15)19-12-9-14-7-10-18-11-8-14/h3-8,10-11,13,17H,9,12H2,1-2H3. The third kappa shape index (κ3) is 4.07. The zero-order chi connectivity index (χ0) is 13.5. The van der Waals surface area contributed by atoms with Crippen molar-refractivity contribution in [1.82, 2.24) is 10.3 Å². The molecule has 2 rings (SSSR count). The highest BCUT2D eigenvalue weighted by Gasteiger charge is 2.02. The second-order valence-electron chi connectivity index (χ2n) is 4.53. The zero-order valence-corrected chi connectivity index (χ0v) is 11.5. The number of aromatic nitrogens is 1. The van der Waals surface area contributed by atoms with Gasteiger partial charge in [-0.2, -0.15) is 0 Å². The van der Waals surface area contributed by atoms with E-state index in [1.165, 1.54) is 11.1 Å². The first-order chi connectivity index (χ1) is 9.29. The molecule has 1 aromatic heterocycles. The summed E-state index contributed by atoms with van der Waals surface area (Å²) < 4.78 is 5.74. The first-order valence-corrected chi connectivity index (χ1v) is 6.58. The summed E-state index contributed by atoms with van der Waals surface area (Å²) in [6, 6.07) is 12.6. The Kier molecular flexibility index (Phi) is 4.93. The molecule has 0 saturated heterocycles. The van der Waals surface area contributed by atoms with Crippen molar-refractivity contribution in [2.24, 2.45) is 0 Å². The van der Waals surface area contributed by atoms with Gasteiger partial charge in [-0.25, -0.2) is 0 Å². The van der Waals surface area contributed by atoms with Gasteiger partial charge in [0.1, 0.15) is 5.75 Å². The molecule has 0 aliphatic rings. The molecule has 100 valence electrons. The summed E-state index contributed by atoms with van der Waals surface area (Å²) >= 11 is 0. The molecule has 1 heterocycles. The first kappa shape index (κ1) is 13.6. The van der Waals surface area contributed by atoms with Crippen LogP contribution in [0.3, 0.4) is 0 Å². The van der Waals surface area contributed by atoms with Crippen molar-refractivity contribution in [3.05, 3.63) is 59.9 Å². The Morgan fingerprint density at radius 2 is 1.79 bits per heavy atom. The maximum atomic E-state index is 5.74. The molecule has 2 aromatic rings. The Bertz CT molecular complexity index is 482. The van der Waals surface area contributed by atoms with Gasteiger partial charge >= 0.3 is 0 Å². The lowest BCUT2D eigenvalue weighted by atomic mass is 10.1. The monoisotopic (exact) mass is 256 g/mol. The predicted octanol–water partition coefficient (Wildman–Crippen LogP) is 2.98. The van der Waals surface area contributed by atoms with Crippen molar-refractivity contribution in [1.29, 1.82) is 0 Å². The maximum absolute atomic E-state index is 5.74. The second kappa shape index (κ2) is 6.90. The number of hydrogen-bond donors (Lipinski definition) is 1. The van der Waals surface area contributed by atoms with E-state index < -0.39 is 0 Å². The first-order valence-electron chi connectivity index (χ1n) is 6.58. The van der Waals surface area contributed by atoms with Crippen LogP contribution in [0, 0.1) is 0 Å². The van der Waals surface area contributed by atoms with Crippen LogP contribution in [0.2, 0.25) is 0 Å². The van der Waals surface area contributed by atoms with Gasteiger partial charge in [0.05, 0.1) is 6.61 Å². The molecule has 0 aliphatic heterocycles. The van der Waals surface area contributed by atoms with Gasteiger partial charge in [0.2, 0.25) is 0 Å². The fourth-order valence-corrected chi connectivity index (χ4v) is 1.86. The third-order valence-corrected chi connectivity index (χ3v) is 3.22. The predicted molar refractivity (Wildman–Crippen MR) is 77.4 cm³/mol. The lowest BCUT2D eigenvalue weighted by molar-refractivity contribution is 0.322. The Morgan fingerprint density at radius 3 is 2.42 bits per heavy atom. The summed E-state index contributed by atoms with van der Waals surface area (Å²) in [5, 5.41) is 3.22. The van der Waals surface area contributed by atoms with Crippen molar-refractivity contribution in [2.45, 2.75) is 19.4 Å². The smallest absolute Gasteiger partial charge is 0.119 e. The van der Waals surface area contributed by atoms with Gasteiger partial charge in [0, 0.05) is 24.9 Å². The van der Waals surface area contributed by atoms with E-state index in [0.29, 0.717) is 12.6 Å². The highest BCUT2D eigenvalue weighted by molar-refractivity contribution is 5.29. The lowest BCUT2D eigenvalue weighted by Gasteiger charge is -2.11. The third-order valence-electron chi connectivity index (χ3n) is 3.22. The summed E-state index contributed by atoms with van der Waals surface area (Å²) in [6.07, 6.45) is 4.52. The van der Waals surface area contributed by atoms with E-state index in [-0.39, 0.29) is 0 Å². The molecule has 19 heavy (non-hydrogen) atoms. The van der Waals surface area contributed by atoms with Crippen molar-refractivity contribution in [2.75, 3.05) is 13.7 Å². The van der Waals surface area contributed by atoms with E-state index in [1.807, 2.05) is 43.7 Å². The normalized spacial score (nSPS) is 12.1. The number of nitrogens with one attached hydrogen (secondary N) is 1. The molecule has 1 atom stereocenters. The molecule has 0 amide bonds. The van der Waals surface area contributed by atoms with E-state index in [9.17, 15) is 0 Å². The van der Waals surface area contributed by atoms with Crippen molar-refractivity contribution >= 4 is 0 Å². The Balaban J connectivity index is 1.83. The number of pyridine rings is 1. The fraction of sp³-hybridized carbons (Fsp3) is 0.312. The summed E-state index contributed by atoms with van der Waals surface area (Å²) in [4.78, 5) is 4.00.